The van der Waals surface area contributed by atoms with Gasteiger partial charge in [0.1, 0.15) is 0 Å². The minimum Gasteiger partial charge on any atom is -0.374 e. The van der Waals surface area contributed by atoms with E-state index in [2.05, 4.69) is 42.2 Å². The van der Waals surface area contributed by atoms with Gasteiger partial charge in [-0.2, -0.15) is 0 Å². The summed E-state index contributed by atoms with van der Waals surface area (Å²) in [5.41, 5.74) is 1.43. The van der Waals surface area contributed by atoms with E-state index in [1.165, 1.54) is 44.2 Å². The van der Waals surface area contributed by atoms with Crippen molar-refractivity contribution in [2.45, 2.75) is 63.8 Å². The molecule has 2 aliphatic rings. The number of piperidine rings is 1. The molecule has 2 heteroatoms. The summed E-state index contributed by atoms with van der Waals surface area (Å²) in [5.74, 6) is 0. The van der Waals surface area contributed by atoms with Gasteiger partial charge in [-0.3, -0.25) is 4.90 Å². The lowest BCUT2D eigenvalue weighted by Gasteiger charge is -2.40. The first-order chi connectivity index (χ1) is 9.33. The summed E-state index contributed by atoms with van der Waals surface area (Å²) >= 11 is 0. The monoisotopic (exact) mass is 259 g/mol. The minimum absolute atomic E-state index is 0.451. The number of likely N-dealkylation sites (tertiary alicyclic amines) is 1. The molecular formula is C17H25NO. The fourth-order valence-electron chi connectivity index (χ4n) is 3.61. The quantitative estimate of drug-likeness (QED) is 0.804. The van der Waals surface area contributed by atoms with Crippen LogP contribution in [-0.4, -0.2) is 29.7 Å². The van der Waals surface area contributed by atoms with Crippen LogP contribution in [0.5, 0.6) is 0 Å². The second kappa shape index (κ2) is 6.06. The average Bonchev–Trinajstić information content (AvgIpc) is 2.61. The lowest BCUT2D eigenvalue weighted by Crippen LogP contribution is -2.48. The molecule has 3 atom stereocenters. The number of rotatable bonds is 2. The number of hydrogen-bond acceptors (Lipinski definition) is 2. The van der Waals surface area contributed by atoms with Gasteiger partial charge in [-0.25, -0.2) is 0 Å². The molecule has 2 aliphatic heterocycles. The van der Waals surface area contributed by atoms with Crippen LogP contribution >= 0.6 is 0 Å². The topological polar surface area (TPSA) is 12.5 Å². The zero-order valence-corrected chi connectivity index (χ0v) is 11.9. The highest BCUT2D eigenvalue weighted by Gasteiger charge is 2.34. The molecular weight excluding hydrogens is 234 g/mol. The van der Waals surface area contributed by atoms with Crippen molar-refractivity contribution < 1.29 is 4.74 Å². The molecule has 1 aromatic rings. The number of fused-ring (bicyclic) bond motifs is 1. The first-order valence-electron chi connectivity index (χ1n) is 7.76. The number of hydrogen-bond donors (Lipinski definition) is 0. The Morgan fingerprint density at radius 2 is 1.95 bits per heavy atom. The van der Waals surface area contributed by atoms with Crippen molar-refractivity contribution in [1.82, 2.24) is 4.90 Å². The van der Waals surface area contributed by atoms with Crippen LogP contribution in [0.2, 0.25) is 0 Å². The van der Waals surface area contributed by atoms with E-state index in [1.807, 2.05) is 0 Å². The smallest absolute Gasteiger partial charge is 0.0734 e. The van der Waals surface area contributed by atoms with Gasteiger partial charge in [0, 0.05) is 12.6 Å². The molecule has 3 rings (SSSR count). The van der Waals surface area contributed by atoms with Gasteiger partial charge in [0.25, 0.3) is 0 Å². The average molecular weight is 259 g/mol. The van der Waals surface area contributed by atoms with Gasteiger partial charge in [0.15, 0.2) is 0 Å². The zero-order valence-electron chi connectivity index (χ0n) is 11.9. The molecule has 2 heterocycles. The predicted octanol–water partition coefficient (Wildman–Crippen LogP) is 3.61. The van der Waals surface area contributed by atoms with Crippen molar-refractivity contribution in [3.05, 3.63) is 35.9 Å². The summed E-state index contributed by atoms with van der Waals surface area (Å²) in [6.45, 7) is 4.55. The molecule has 0 spiro atoms. The Bertz CT molecular complexity index is 392. The Hall–Kier alpha value is -0.860. The molecule has 1 aromatic carbocycles. The summed E-state index contributed by atoms with van der Waals surface area (Å²) in [7, 11) is 0. The summed E-state index contributed by atoms with van der Waals surface area (Å²) < 4.78 is 6.24. The van der Waals surface area contributed by atoms with Crippen molar-refractivity contribution in [3.8, 4) is 0 Å². The summed E-state index contributed by atoms with van der Waals surface area (Å²) in [6, 6.07) is 11.5. The molecule has 0 bridgehead atoms. The van der Waals surface area contributed by atoms with Gasteiger partial charge in [0.2, 0.25) is 0 Å². The molecule has 2 fully saturated rings. The Balaban J connectivity index is 1.70. The normalized spacial score (nSPS) is 32.6. The van der Waals surface area contributed by atoms with Crippen LogP contribution in [-0.2, 0) is 11.3 Å². The zero-order chi connectivity index (χ0) is 13.1. The first kappa shape index (κ1) is 13.1. The van der Waals surface area contributed by atoms with Crippen molar-refractivity contribution in [3.63, 3.8) is 0 Å². The third-order valence-electron chi connectivity index (χ3n) is 4.58. The molecule has 0 aromatic heterocycles. The Morgan fingerprint density at radius 1 is 1.11 bits per heavy atom. The molecule has 104 valence electrons. The SMILES string of the molecule is C[C@@H]1CCC[C@H]2[C@H](CCCN2Cc2ccccc2)O1. The predicted molar refractivity (Wildman–Crippen MR) is 78.1 cm³/mol. The fraction of sp³-hybridized carbons (Fsp3) is 0.647. The van der Waals surface area contributed by atoms with E-state index in [0.717, 1.165) is 6.54 Å². The fourth-order valence-corrected chi connectivity index (χ4v) is 3.61. The largest absolute Gasteiger partial charge is 0.374 e. The van der Waals surface area contributed by atoms with E-state index in [4.69, 9.17) is 4.74 Å². The molecule has 2 saturated heterocycles. The number of nitrogens with zero attached hydrogens (tertiary/aromatic N) is 1. The minimum atomic E-state index is 0.451. The molecule has 2 nitrogen and oxygen atoms in total. The van der Waals surface area contributed by atoms with Crippen LogP contribution in [0, 0.1) is 0 Å². The van der Waals surface area contributed by atoms with Crippen molar-refractivity contribution in [1.29, 1.82) is 0 Å². The van der Waals surface area contributed by atoms with Gasteiger partial charge in [-0.15, -0.1) is 0 Å². The second-order valence-corrected chi connectivity index (χ2v) is 6.08. The summed E-state index contributed by atoms with van der Waals surface area (Å²) in [4.78, 5) is 2.65. The highest BCUT2D eigenvalue weighted by Crippen LogP contribution is 2.30. The van der Waals surface area contributed by atoms with Gasteiger partial charge in [-0.1, -0.05) is 30.3 Å². The van der Waals surface area contributed by atoms with E-state index in [-0.39, 0.29) is 0 Å². The van der Waals surface area contributed by atoms with E-state index in [0.29, 0.717) is 18.2 Å². The molecule has 0 amide bonds. The maximum absolute atomic E-state index is 6.24. The van der Waals surface area contributed by atoms with Crippen molar-refractivity contribution in [2.24, 2.45) is 0 Å². The van der Waals surface area contributed by atoms with Crippen molar-refractivity contribution >= 4 is 0 Å². The maximum Gasteiger partial charge on any atom is 0.0734 e. The van der Waals surface area contributed by atoms with E-state index < -0.39 is 0 Å². The summed E-state index contributed by atoms with van der Waals surface area (Å²) in [5, 5.41) is 0. The summed E-state index contributed by atoms with van der Waals surface area (Å²) in [6.07, 6.45) is 7.30. The van der Waals surface area contributed by atoms with Crippen LogP contribution in [0.3, 0.4) is 0 Å². The molecule has 0 unspecified atom stereocenters. The van der Waals surface area contributed by atoms with E-state index in [1.54, 1.807) is 0 Å². The van der Waals surface area contributed by atoms with E-state index >= 15 is 0 Å². The molecule has 0 aliphatic carbocycles. The standard InChI is InChI=1S/C17H25NO/c1-14-7-5-10-16-17(19-14)11-6-12-18(16)13-15-8-3-2-4-9-15/h2-4,8-9,14,16-17H,5-7,10-13H2,1H3/t14-,16+,17+/m1/s1. The third kappa shape index (κ3) is 3.18. The highest BCUT2D eigenvalue weighted by molar-refractivity contribution is 5.14. The Labute approximate surface area is 116 Å². The van der Waals surface area contributed by atoms with Gasteiger partial charge >= 0.3 is 0 Å². The second-order valence-electron chi connectivity index (χ2n) is 6.08. The molecule has 0 saturated carbocycles. The number of benzene rings is 1. The molecule has 19 heavy (non-hydrogen) atoms. The first-order valence-corrected chi connectivity index (χ1v) is 7.76. The maximum atomic E-state index is 6.24. The highest BCUT2D eigenvalue weighted by atomic mass is 16.5. The lowest BCUT2D eigenvalue weighted by molar-refractivity contribution is -0.0657. The van der Waals surface area contributed by atoms with Gasteiger partial charge in [0.05, 0.1) is 12.2 Å². The van der Waals surface area contributed by atoms with Crippen LogP contribution in [0.25, 0.3) is 0 Å². The van der Waals surface area contributed by atoms with Crippen molar-refractivity contribution in [2.75, 3.05) is 6.54 Å². The molecule has 0 N–H and O–H groups in total. The Kier molecular flexibility index (Phi) is 4.19. The van der Waals surface area contributed by atoms with E-state index in [9.17, 15) is 0 Å². The van der Waals surface area contributed by atoms with Crippen LogP contribution in [0.15, 0.2) is 30.3 Å². The van der Waals surface area contributed by atoms with Crippen LogP contribution < -0.4 is 0 Å². The van der Waals surface area contributed by atoms with Crippen LogP contribution in [0.1, 0.15) is 44.6 Å². The Morgan fingerprint density at radius 3 is 2.79 bits per heavy atom. The lowest BCUT2D eigenvalue weighted by atomic mass is 9.94. The van der Waals surface area contributed by atoms with Crippen LogP contribution in [0.4, 0.5) is 0 Å². The number of ether oxygens (including phenoxy) is 1. The van der Waals surface area contributed by atoms with Gasteiger partial charge < -0.3 is 4.74 Å². The third-order valence-corrected chi connectivity index (χ3v) is 4.58. The van der Waals surface area contributed by atoms with Gasteiger partial charge in [-0.05, 0) is 51.1 Å². The molecule has 0 radical (unpaired) electrons.